The first-order valence-corrected chi connectivity index (χ1v) is 7.81. The van der Waals surface area contributed by atoms with E-state index in [1.54, 1.807) is 13.8 Å². The lowest BCUT2D eigenvalue weighted by molar-refractivity contribution is -0.0455. The molecular formula is C12H14ClF4NOSi. The number of halogens is 5. The molecule has 20 heavy (non-hydrogen) atoms. The van der Waals surface area contributed by atoms with E-state index in [1.807, 2.05) is 0 Å². The van der Waals surface area contributed by atoms with E-state index in [0.29, 0.717) is 0 Å². The van der Waals surface area contributed by atoms with Crippen molar-refractivity contribution >= 4 is 32.2 Å². The number of carbonyl (C=O) groups is 1. The summed E-state index contributed by atoms with van der Waals surface area (Å²) in [5.41, 5.74) is 4.92. The first kappa shape index (κ1) is 17.0. The van der Waals surface area contributed by atoms with Gasteiger partial charge in [-0.25, -0.2) is 4.39 Å². The van der Waals surface area contributed by atoms with Crippen LogP contribution in [0.15, 0.2) is 0 Å². The number of hydrogen-bond donors (Lipinski definition) is 1. The molecule has 0 saturated carbocycles. The Morgan fingerprint density at radius 2 is 1.75 bits per heavy atom. The summed E-state index contributed by atoms with van der Waals surface area (Å²) in [4.78, 5) is 11.4. The first-order chi connectivity index (χ1) is 9.14. The van der Waals surface area contributed by atoms with Crippen molar-refractivity contribution < 1.29 is 22.4 Å². The lowest BCUT2D eigenvalue weighted by Crippen LogP contribution is -2.39. The minimum absolute atomic E-state index is 0.134. The molecule has 0 aromatic heterocycles. The van der Waals surface area contributed by atoms with Gasteiger partial charge in [0.15, 0.2) is 9.52 Å². The zero-order valence-electron chi connectivity index (χ0n) is 11.0. The SMILES string of the molecule is CCc1c(F)c(Cl)c(C(N)=O)c([SiH2]C(F)(F)F)c1CC. The summed E-state index contributed by atoms with van der Waals surface area (Å²) in [7, 11) is -2.80. The van der Waals surface area contributed by atoms with Gasteiger partial charge in [0, 0.05) is 0 Å². The summed E-state index contributed by atoms with van der Waals surface area (Å²) in [6, 6.07) is 0. The quantitative estimate of drug-likeness (QED) is 0.667. The molecule has 0 unspecified atom stereocenters. The molecule has 0 aliphatic carbocycles. The fourth-order valence-corrected chi connectivity index (χ4v) is 4.33. The Morgan fingerprint density at radius 1 is 1.25 bits per heavy atom. The van der Waals surface area contributed by atoms with Crippen molar-refractivity contribution in [1.29, 1.82) is 0 Å². The largest absolute Gasteiger partial charge is 0.366 e. The fourth-order valence-electron chi connectivity index (χ4n) is 2.29. The fraction of sp³-hybridized carbons (Fsp3) is 0.417. The van der Waals surface area contributed by atoms with Crippen molar-refractivity contribution in [1.82, 2.24) is 0 Å². The van der Waals surface area contributed by atoms with Crippen LogP contribution in [0.25, 0.3) is 0 Å². The minimum Gasteiger partial charge on any atom is -0.366 e. The molecule has 0 heterocycles. The zero-order valence-corrected chi connectivity index (χ0v) is 13.2. The first-order valence-electron chi connectivity index (χ1n) is 6.02. The third-order valence-corrected chi connectivity index (χ3v) is 4.93. The number of benzene rings is 1. The Kier molecular flexibility index (Phi) is 5.20. The Balaban J connectivity index is 3.74. The van der Waals surface area contributed by atoms with Crippen LogP contribution in [0.1, 0.15) is 35.3 Å². The van der Waals surface area contributed by atoms with E-state index < -0.39 is 37.6 Å². The highest BCUT2D eigenvalue weighted by molar-refractivity contribution is 6.59. The van der Waals surface area contributed by atoms with Gasteiger partial charge in [-0.05, 0) is 29.2 Å². The summed E-state index contributed by atoms with van der Waals surface area (Å²) in [6.07, 6.45) is 0.392. The van der Waals surface area contributed by atoms with Crippen LogP contribution >= 0.6 is 11.6 Å². The van der Waals surface area contributed by atoms with Crippen LogP contribution in [-0.2, 0) is 12.8 Å². The van der Waals surface area contributed by atoms with E-state index in [-0.39, 0.29) is 29.2 Å². The standard InChI is InChI=1S/C12H14ClF4NOSi/c1-3-5-6(4-2)10(20-12(15,16)17)7(11(18)19)8(13)9(5)14/h3-4,20H2,1-2H3,(H2,18,19). The molecule has 0 fully saturated rings. The van der Waals surface area contributed by atoms with Crippen LogP contribution in [0.4, 0.5) is 17.6 Å². The van der Waals surface area contributed by atoms with Gasteiger partial charge in [-0.15, -0.1) is 0 Å². The van der Waals surface area contributed by atoms with Crippen LogP contribution in [0.5, 0.6) is 0 Å². The van der Waals surface area contributed by atoms with E-state index in [0.717, 1.165) is 0 Å². The number of nitrogens with two attached hydrogens (primary N) is 1. The number of hydrogen-bond acceptors (Lipinski definition) is 1. The molecule has 112 valence electrons. The van der Waals surface area contributed by atoms with E-state index in [2.05, 4.69) is 0 Å². The molecule has 2 N–H and O–H groups in total. The third kappa shape index (κ3) is 3.32. The number of primary amides is 1. The zero-order chi connectivity index (χ0) is 15.7. The van der Waals surface area contributed by atoms with Gasteiger partial charge >= 0.3 is 5.80 Å². The molecule has 0 aliphatic rings. The highest BCUT2D eigenvalue weighted by atomic mass is 35.5. The monoisotopic (exact) mass is 327 g/mol. The molecule has 1 rings (SSSR count). The van der Waals surface area contributed by atoms with Crippen LogP contribution in [0, 0.1) is 5.82 Å². The van der Waals surface area contributed by atoms with Crippen LogP contribution in [0.3, 0.4) is 0 Å². The second-order valence-corrected chi connectivity index (χ2v) is 6.54. The summed E-state index contributed by atoms with van der Waals surface area (Å²) in [6.45, 7) is 3.23. The number of rotatable bonds is 4. The summed E-state index contributed by atoms with van der Waals surface area (Å²) in [5.74, 6) is -6.38. The molecule has 1 amide bonds. The van der Waals surface area contributed by atoms with Gasteiger partial charge in [0.05, 0.1) is 10.6 Å². The van der Waals surface area contributed by atoms with Crippen LogP contribution in [0.2, 0.25) is 5.02 Å². The van der Waals surface area contributed by atoms with Crippen molar-refractivity contribution in [2.24, 2.45) is 5.73 Å². The maximum absolute atomic E-state index is 14.1. The molecule has 0 bridgehead atoms. The van der Waals surface area contributed by atoms with Gasteiger partial charge in [-0.1, -0.05) is 25.4 Å². The van der Waals surface area contributed by atoms with Crippen molar-refractivity contribution in [3.63, 3.8) is 0 Å². The Hall–Kier alpha value is -1.08. The van der Waals surface area contributed by atoms with Gasteiger partial charge in [0.2, 0.25) is 5.91 Å². The van der Waals surface area contributed by atoms with Crippen LogP contribution in [-0.4, -0.2) is 21.2 Å². The molecule has 0 radical (unpaired) electrons. The molecular weight excluding hydrogens is 314 g/mol. The molecule has 0 spiro atoms. The van der Waals surface area contributed by atoms with E-state index >= 15 is 0 Å². The van der Waals surface area contributed by atoms with Gasteiger partial charge in [0.1, 0.15) is 5.82 Å². The molecule has 1 aromatic rings. The minimum atomic E-state index is -4.40. The van der Waals surface area contributed by atoms with Gasteiger partial charge in [-0.2, -0.15) is 13.2 Å². The number of amides is 1. The predicted molar refractivity (Wildman–Crippen MR) is 72.9 cm³/mol. The van der Waals surface area contributed by atoms with Gasteiger partial charge in [-0.3, -0.25) is 4.79 Å². The second-order valence-electron chi connectivity index (χ2n) is 4.30. The van der Waals surface area contributed by atoms with Crippen molar-refractivity contribution in [2.45, 2.75) is 32.5 Å². The van der Waals surface area contributed by atoms with E-state index in [9.17, 15) is 22.4 Å². The topological polar surface area (TPSA) is 43.1 Å². The summed E-state index contributed by atoms with van der Waals surface area (Å²) < 4.78 is 52.3. The van der Waals surface area contributed by atoms with Crippen molar-refractivity contribution in [2.75, 3.05) is 0 Å². The Morgan fingerprint density at radius 3 is 2.10 bits per heavy atom. The highest BCUT2D eigenvalue weighted by Gasteiger charge is 2.34. The maximum atomic E-state index is 14.1. The van der Waals surface area contributed by atoms with Crippen LogP contribution < -0.4 is 10.9 Å². The predicted octanol–water partition coefficient (Wildman–Crippen LogP) is 2.02. The lowest BCUT2D eigenvalue weighted by Gasteiger charge is -2.19. The lowest BCUT2D eigenvalue weighted by atomic mass is 9.98. The average Bonchev–Trinajstić information content (AvgIpc) is 2.30. The third-order valence-electron chi connectivity index (χ3n) is 3.04. The molecule has 8 heteroatoms. The Bertz CT molecular complexity index is 545. The smallest absolute Gasteiger partial charge is 0.359 e. The summed E-state index contributed by atoms with van der Waals surface area (Å²) in [5, 5.41) is -0.783. The van der Waals surface area contributed by atoms with E-state index in [4.69, 9.17) is 17.3 Å². The molecule has 0 aliphatic heterocycles. The molecule has 2 nitrogen and oxygen atoms in total. The normalized spacial score (nSPS) is 12.3. The van der Waals surface area contributed by atoms with E-state index in [1.165, 1.54) is 0 Å². The number of carbonyl (C=O) groups excluding carboxylic acids is 1. The summed E-state index contributed by atoms with van der Waals surface area (Å²) >= 11 is 5.71. The average molecular weight is 328 g/mol. The molecule has 0 saturated heterocycles. The van der Waals surface area contributed by atoms with Crippen molar-refractivity contribution in [3.8, 4) is 0 Å². The highest BCUT2D eigenvalue weighted by Crippen LogP contribution is 2.27. The molecule has 1 aromatic carbocycles. The molecule has 0 atom stereocenters. The Labute approximate surface area is 121 Å². The van der Waals surface area contributed by atoms with Gasteiger partial charge in [0.25, 0.3) is 0 Å². The van der Waals surface area contributed by atoms with Gasteiger partial charge < -0.3 is 5.73 Å². The maximum Gasteiger partial charge on any atom is 0.359 e. The number of alkyl halides is 3. The van der Waals surface area contributed by atoms with Crippen molar-refractivity contribution in [3.05, 3.63) is 27.5 Å². The second kappa shape index (κ2) is 6.13.